The van der Waals surface area contributed by atoms with E-state index in [0.29, 0.717) is 30.9 Å². The third kappa shape index (κ3) is 2.97. The number of aromatic nitrogens is 5. The van der Waals surface area contributed by atoms with Gasteiger partial charge in [0.1, 0.15) is 0 Å². The van der Waals surface area contributed by atoms with Crippen LogP contribution in [0.2, 0.25) is 5.28 Å². The van der Waals surface area contributed by atoms with Crippen molar-refractivity contribution in [1.82, 2.24) is 25.1 Å². The number of anilines is 3. The van der Waals surface area contributed by atoms with Crippen LogP contribution in [0.5, 0.6) is 0 Å². The molecule has 3 rings (SSSR count). The molecule has 2 aromatic rings. The molecule has 0 aliphatic carbocycles. The molecule has 8 nitrogen and oxygen atoms in total. The summed E-state index contributed by atoms with van der Waals surface area (Å²) in [7, 11) is 0. The fourth-order valence-electron chi connectivity index (χ4n) is 1.90. The van der Waals surface area contributed by atoms with Crippen molar-refractivity contribution >= 4 is 29.3 Å². The summed E-state index contributed by atoms with van der Waals surface area (Å²) in [6, 6.07) is 1.85. The van der Waals surface area contributed by atoms with Crippen molar-refractivity contribution in [3.8, 4) is 0 Å². The van der Waals surface area contributed by atoms with Crippen molar-refractivity contribution in [3.63, 3.8) is 0 Å². The monoisotopic (exact) mass is 295 g/mol. The molecule has 0 spiro atoms. The molecule has 0 aromatic carbocycles. The van der Waals surface area contributed by atoms with E-state index >= 15 is 0 Å². The molecule has 0 radical (unpaired) electrons. The molecule has 1 fully saturated rings. The van der Waals surface area contributed by atoms with Crippen molar-refractivity contribution in [2.75, 3.05) is 36.5 Å². The number of aryl methyl sites for hydroxylation is 1. The standard InChI is InChI=1S/C11H14ClN7O/c1-7-6-8(18-17-7)13-10-14-9(12)15-11(16-10)19-2-4-20-5-3-19/h6H,2-5H2,1H3,(H2,13,14,15,16,17,18). The van der Waals surface area contributed by atoms with Gasteiger partial charge in [0.15, 0.2) is 5.82 Å². The summed E-state index contributed by atoms with van der Waals surface area (Å²) in [6.07, 6.45) is 0. The molecule has 0 bridgehead atoms. The quantitative estimate of drug-likeness (QED) is 0.877. The molecule has 1 aliphatic heterocycles. The fourth-order valence-corrected chi connectivity index (χ4v) is 2.05. The van der Waals surface area contributed by atoms with Gasteiger partial charge in [-0.05, 0) is 18.5 Å². The van der Waals surface area contributed by atoms with Gasteiger partial charge >= 0.3 is 0 Å². The van der Waals surface area contributed by atoms with E-state index in [1.807, 2.05) is 17.9 Å². The molecule has 0 amide bonds. The summed E-state index contributed by atoms with van der Waals surface area (Å²) < 4.78 is 5.30. The van der Waals surface area contributed by atoms with Gasteiger partial charge in [0, 0.05) is 24.8 Å². The van der Waals surface area contributed by atoms with Gasteiger partial charge in [0.25, 0.3) is 0 Å². The van der Waals surface area contributed by atoms with Gasteiger partial charge < -0.3 is 15.0 Å². The number of hydrogen-bond donors (Lipinski definition) is 2. The summed E-state index contributed by atoms with van der Waals surface area (Å²) in [6.45, 7) is 4.70. The minimum atomic E-state index is 0.149. The zero-order chi connectivity index (χ0) is 13.9. The second-order valence-corrected chi connectivity index (χ2v) is 4.73. The maximum absolute atomic E-state index is 5.95. The van der Waals surface area contributed by atoms with Crippen LogP contribution in [0.1, 0.15) is 5.69 Å². The van der Waals surface area contributed by atoms with E-state index in [9.17, 15) is 0 Å². The molecule has 1 saturated heterocycles. The highest BCUT2D eigenvalue weighted by molar-refractivity contribution is 6.28. The Morgan fingerprint density at radius 1 is 1.30 bits per heavy atom. The number of nitrogens with zero attached hydrogens (tertiary/aromatic N) is 5. The second kappa shape index (κ2) is 5.59. The molecule has 20 heavy (non-hydrogen) atoms. The predicted molar refractivity (Wildman–Crippen MR) is 74.5 cm³/mol. The lowest BCUT2D eigenvalue weighted by Crippen LogP contribution is -2.37. The lowest BCUT2D eigenvalue weighted by atomic mass is 10.4. The van der Waals surface area contributed by atoms with Gasteiger partial charge in [0.05, 0.1) is 13.2 Å². The Hall–Kier alpha value is -1.93. The summed E-state index contributed by atoms with van der Waals surface area (Å²) in [5.74, 6) is 1.55. The van der Waals surface area contributed by atoms with Crippen molar-refractivity contribution in [3.05, 3.63) is 17.0 Å². The van der Waals surface area contributed by atoms with Crippen LogP contribution in [-0.2, 0) is 4.74 Å². The number of nitrogens with one attached hydrogen (secondary N) is 2. The zero-order valence-electron chi connectivity index (χ0n) is 10.9. The number of H-pyrrole nitrogens is 1. The molecule has 0 atom stereocenters. The summed E-state index contributed by atoms with van der Waals surface area (Å²) >= 11 is 5.95. The minimum Gasteiger partial charge on any atom is -0.378 e. The third-order valence-corrected chi connectivity index (χ3v) is 3.01. The Balaban J connectivity index is 1.82. The zero-order valence-corrected chi connectivity index (χ0v) is 11.7. The number of aromatic amines is 1. The number of ether oxygens (including phenoxy) is 1. The van der Waals surface area contributed by atoms with Crippen LogP contribution < -0.4 is 10.2 Å². The van der Waals surface area contributed by atoms with Crippen LogP contribution in [-0.4, -0.2) is 51.5 Å². The van der Waals surface area contributed by atoms with Crippen LogP contribution in [0.3, 0.4) is 0 Å². The first kappa shape index (κ1) is 13.1. The summed E-state index contributed by atoms with van der Waals surface area (Å²) in [5.41, 5.74) is 0.945. The first-order valence-electron chi connectivity index (χ1n) is 6.24. The van der Waals surface area contributed by atoms with Crippen LogP contribution >= 0.6 is 11.6 Å². The van der Waals surface area contributed by atoms with E-state index in [2.05, 4.69) is 30.5 Å². The van der Waals surface area contributed by atoms with E-state index in [1.54, 1.807) is 0 Å². The largest absolute Gasteiger partial charge is 0.378 e. The maximum Gasteiger partial charge on any atom is 0.234 e. The van der Waals surface area contributed by atoms with Gasteiger partial charge in [0.2, 0.25) is 17.2 Å². The highest BCUT2D eigenvalue weighted by Crippen LogP contribution is 2.17. The Bertz CT molecular complexity index is 596. The van der Waals surface area contributed by atoms with Gasteiger partial charge in [-0.1, -0.05) is 0 Å². The smallest absolute Gasteiger partial charge is 0.234 e. The topological polar surface area (TPSA) is 91.8 Å². The Morgan fingerprint density at radius 3 is 2.80 bits per heavy atom. The maximum atomic E-state index is 5.95. The van der Waals surface area contributed by atoms with Gasteiger partial charge in [-0.25, -0.2) is 0 Å². The third-order valence-electron chi connectivity index (χ3n) is 2.84. The molecular weight excluding hydrogens is 282 g/mol. The van der Waals surface area contributed by atoms with Crippen LogP contribution in [0.4, 0.5) is 17.7 Å². The number of halogens is 1. The number of morpholine rings is 1. The van der Waals surface area contributed by atoms with Gasteiger partial charge in [-0.2, -0.15) is 20.1 Å². The van der Waals surface area contributed by atoms with Crippen LogP contribution in [0.15, 0.2) is 6.07 Å². The average molecular weight is 296 g/mol. The van der Waals surface area contributed by atoms with Crippen molar-refractivity contribution in [2.24, 2.45) is 0 Å². The Labute approximate surface area is 120 Å². The van der Waals surface area contributed by atoms with E-state index in [1.165, 1.54) is 0 Å². The van der Waals surface area contributed by atoms with E-state index in [0.717, 1.165) is 18.8 Å². The van der Waals surface area contributed by atoms with Crippen molar-refractivity contribution in [2.45, 2.75) is 6.92 Å². The Kier molecular flexibility index (Phi) is 3.66. The lowest BCUT2D eigenvalue weighted by molar-refractivity contribution is 0.122. The molecular formula is C11H14ClN7O. The highest BCUT2D eigenvalue weighted by atomic mass is 35.5. The van der Waals surface area contributed by atoms with Crippen LogP contribution in [0, 0.1) is 6.92 Å². The summed E-state index contributed by atoms with van der Waals surface area (Å²) in [4.78, 5) is 14.6. The van der Waals surface area contributed by atoms with Gasteiger partial charge in [-0.15, -0.1) is 0 Å². The molecule has 3 heterocycles. The summed E-state index contributed by atoms with van der Waals surface area (Å²) in [5, 5.41) is 10.1. The van der Waals surface area contributed by atoms with Gasteiger partial charge in [-0.3, -0.25) is 5.10 Å². The van der Waals surface area contributed by atoms with E-state index in [4.69, 9.17) is 16.3 Å². The second-order valence-electron chi connectivity index (χ2n) is 4.39. The van der Waals surface area contributed by atoms with E-state index in [-0.39, 0.29) is 5.28 Å². The molecule has 106 valence electrons. The molecule has 2 aromatic heterocycles. The predicted octanol–water partition coefficient (Wildman–Crippen LogP) is 1.14. The Morgan fingerprint density at radius 2 is 2.10 bits per heavy atom. The van der Waals surface area contributed by atoms with Crippen LogP contribution in [0.25, 0.3) is 0 Å². The fraction of sp³-hybridized carbons (Fsp3) is 0.455. The average Bonchev–Trinajstić information content (AvgIpc) is 2.84. The SMILES string of the molecule is Cc1cc(Nc2nc(Cl)nc(N3CCOCC3)n2)n[nH]1. The minimum absolute atomic E-state index is 0.149. The number of hydrogen-bond acceptors (Lipinski definition) is 7. The van der Waals surface area contributed by atoms with Crippen molar-refractivity contribution < 1.29 is 4.74 Å². The molecule has 9 heteroatoms. The first-order valence-corrected chi connectivity index (χ1v) is 6.62. The number of rotatable bonds is 3. The highest BCUT2D eigenvalue weighted by Gasteiger charge is 2.16. The molecule has 0 saturated carbocycles. The normalized spacial score (nSPS) is 15.4. The molecule has 2 N–H and O–H groups in total. The van der Waals surface area contributed by atoms with E-state index < -0.39 is 0 Å². The molecule has 1 aliphatic rings. The van der Waals surface area contributed by atoms with Crippen molar-refractivity contribution in [1.29, 1.82) is 0 Å². The first-order chi connectivity index (χ1) is 9.70. The molecule has 0 unspecified atom stereocenters. The lowest BCUT2D eigenvalue weighted by Gasteiger charge is -2.26.